The molecule has 0 spiro atoms. The molecule has 5 rings (SSSR count). The summed E-state index contributed by atoms with van der Waals surface area (Å²) in [6, 6.07) is 17.0. The van der Waals surface area contributed by atoms with Crippen LogP contribution in [0, 0.1) is 0 Å². The van der Waals surface area contributed by atoms with Gasteiger partial charge in [0.2, 0.25) is 5.95 Å². The van der Waals surface area contributed by atoms with Crippen LogP contribution in [-0.2, 0) is 10.1 Å². The summed E-state index contributed by atoms with van der Waals surface area (Å²) < 4.78 is 32.5. The van der Waals surface area contributed by atoms with Gasteiger partial charge in [0, 0.05) is 34.9 Å². The smallest absolute Gasteiger partial charge is 0.339 e. The van der Waals surface area contributed by atoms with E-state index in [9.17, 15) is 13.2 Å². The van der Waals surface area contributed by atoms with Crippen molar-refractivity contribution in [2.45, 2.75) is 4.90 Å². The fourth-order valence-corrected chi connectivity index (χ4v) is 4.42. The SMILES string of the molecule is O=C(Nc1cccc(Cl)c1)Nc1nc2ccc(OS(=O)(=O)c3ccc(-n4ccnc4)cc3)cc2[nH]1. The number of H-pyrrole nitrogens is 1. The quantitative estimate of drug-likeness (QED) is 0.282. The van der Waals surface area contributed by atoms with Crippen LogP contribution in [-0.4, -0.2) is 34.0 Å². The van der Waals surface area contributed by atoms with Gasteiger partial charge >= 0.3 is 16.1 Å². The van der Waals surface area contributed by atoms with Gasteiger partial charge in [0.25, 0.3) is 0 Å². The summed E-state index contributed by atoms with van der Waals surface area (Å²) in [7, 11) is -4.07. The largest absolute Gasteiger partial charge is 0.379 e. The fourth-order valence-electron chi connectivity index (χ4n) is 3.31. The number of carbonyl (C=O) groups excluding carboxylic acids is 1. The maximum absolute atomic E-state index is 12.7. The van der Waals surface area contributed by atoms with Crippen LogP contribution in [0.25, 0.3) is 16.7 Å². The van der Waals surface area contributed by atoms with Gasteiger partial charge in [0.15, 0.2) is 0 Å². The van der Waals surface area contributed by atoms with E-state index in [2.05, 4.69) is 25.6 Å². The van der Waals surface area contributed by atoms with Crippen LogP contribution < -0.4 is 14.8 Å². The summed E-state index contributed by atoms with van der Waals surface area (Å²) in [6.45, 7) is 0. The van der Waals surface area contributed by atoms with Crippen LogP contribution in [0.5, 0.6) is 5.75 Å². The van der Waals surface area contributed by atoms with E-state index in [1.165, 1.54) is 24.3 Å². The Kier molecular flexibility index (Phi) is 5.85. The van der Waals surface area contributed by atoms with Crippen molar-refractivity contribution in [3.05, 3.63) is 90.5 Å². The third kappa shape index (κ3) is 5.10. The Balaban J connectivity index is 1.29. The average Bonchev–Trinajstić information content (AvgIpc) is 3.48. The van der Waals surface area contributed by atoms with Gasteiger partial charge < -0.3 is 19.1 Å². The molecule has 35 heavy (non-hydrogen) atoms. The summed E-state index contributed by atoms with van der Waals surface area (Å²) in [5.41, 5.74) is 2.27. The van der Waals surface area contributed by atoms with Gasteiger partial charge in [-0.1, -0.05) is 17.7 Å². The lowest BCUT2D eigenvalue weighted by atomic mass is 10.3. The van der Waals surface area contributed by atoms with E-state index in [1.54, 1.807) is 65.8 Å². The van der Waals surface area contributed by atoms with E-state index in [0.29, 0.717) is 21.7 Å². The van der Waals surface area contributed by atoms with Crippen molar-refractivity contribution < 1.29 is 17.4 Å². The number of urea groups is 1. The third-order valence-corrected chi connectivity index (χ3v) is 6.40. The number of halogens is 1. The van der Waals surface area contributed by atoms with Crippen LogP contribution in [0.3, 0.4) is 0 Å². The molecule has 0 aliphatic carbocycles. The minimum absolute atomic E-state index is 0.00566. The van der Waals surface area contributed by atoms with E-state index in [4.69, 9.17) is 15.8 Å². The number of fused-ring (bicyclic) bond motifs is 1. The molecule has 0 bridgehead atoms. The molecule has 0 saturated heterocycles. The van der Waals surface area contributed by atoms with Gasteiger partial charge in [0.1, 0.15) is 10.6 Å². The first-order valence-electron chi connectivity index (χ1n) is 10.2. The minimum Gasteiger partial charge on any atom is -0.379 e. The van der Waals surface area contributed by atoms with Crippen LogP contribution in [0.4, 0.5) is 16.4 Å². The van der Waals surface area contributed by atoms with Gasteiger partial charge in [0.05, 0.1) is 17.4 Å². The number of hydrogen-bond donors (Lipinski definition) is 3. The molecule has 0 aliphatic rings. The summed E-state index contributed by atoms with van der Waals surface area (Å²) in [5.74, 6) is 0.268. The molecular formula is C23H17ClN6O4S. The average molecular weight is 509 g/mol. The predicted octanol–water partition coefficient (Wildman–Crippen LogP) is 4.81. The molecule has 0 aliphatic heterocycles. The Hall–Kier alpha value is -4.35. The summed E-state index contributed by atoms with van der Waals surface area (Å²) in [6.07, 6.45) is 5.00. The van der Waals surface area contributed by atoms with Crippen molar-refractivity contribution in [1.82, 2.24) is 19.5 Å². The molecule has 3 N–H and O–H groups in total. The van der Waals surface area contributed by atoms with Gasteiger partial charge in [-0.3, -0.25) is 5.32 Å². The van der Waals surface area contributed by atoms with E-state index in [1.807, 2.05) is 0 Å². The first-order valence-corrected chi connectivity index (χ1v) is 12.0. The third-order valence-electron chi connectivity index (χ3n) is 4.90. The molecule has 0 saturated carbocycles. The zero-order valence-electron chi connectivity index (χ0n) is 17.8. The molecule has 2 heterocycles. The number of aromatic amines is 1. The Morgan fingerprint density at radius 1 is 1.03 bits per heavy atom. The van der Waals surface area contributed by atoms with Crippen LogP contribution in [0.1, 0.15) is 0 Å². The molecule has 0 atom stereocenters. The maximum Gasteiger partial charge on any atom is 0.339 e. The van der Waals surface area contributed by atoms with Crippen molar-refractivity contribution >= 4 is 50.4 Å². The summed E-state index contributed by atoms with van der Waals surface area (Å²) >= 11 is 5.92. The lowest BCUT2D eigenvalue weighted by molar-refractivity contribution is 0.262. The molecule has 10 nitrogen and oxygen atoms in total. The van der Waals surface area contributed by atoms with E-state index in [-0.39, 0.29) is 16.6 Å². The highest BCUT2D eigenvalue weighted by Crippen LogP contribution is 2.25. The Labute approximate surface area is 204 Å². The zero-order chi connectivity index (χ0) is 24.4. The molecule has 0 radical (unpaired) electrons. The highest BCUT2D eigenvalue weighted by Gasteiger charge is 2.18. The second kappa shape index (κ2) is 9.12. The molecule has 5 aromatic rings. The van der Waals surface area contributed by atoms with Gasteiger partial charge in [-0.15, -0.1) is 0 Å². The number of benzene rings is 3. The highest BCUT2D eigenvalue weighted by atomic mass is 35.5. The summed E-state index contributed by atoms with van der Waals surface area (Å²) in [4.78, 5) is 23.4. The first kappa shape index (κ1) is 22.4. The first-order chi connectivity index (χ1) is 16.9. The number of imidazole rings is 2. The molecule has 2 amide bonds. The molecule has 3 aromatic carbocycles. The number of amides is 2. The topological polar surface area (TPSA) is 131 Å². The van der Waals surface area contributed by atoms with E-state index < -0.39 is 16.1 Å². The summed E-state index contributed by atoms with van der Waals surface area (Å²) in [5, 5.41) is 5.72. The van der Waals surface area contributed by atoms with Gasteiger partial charge in [-0.05, 0) is 54.6 Å². The van der Waals surface area contributed by atoms with Crippen LogP contribution >= 0.6 is 11.6 Å². The number of aromatic nitrogens is 4. The number of nitrogens with one attached hydrogen (secondary N) is 3. The van der Waals surface area contributed by atoms with Gasteiger partial charge in [-0.2, -0.15) is 8.42 Å². The molecule has 176 valence electrons. The lowest BCUT2D eigenvalue weighted by Gasteiger charge is -2.08. The standard InChI is InChI=1S/C23H17ClN6O4S/c24-15-2-1-3-16(12-15)26-23(31)29-22-27-20-9-6-18(13-21(20)28-22)34-35(32,33)19-7-4-17(5-8-19)30-11-10-25-14-30/h1-14H,(H3,26,27,28,29,31). The van der Waals surface area contributed by atoms with Crippen molar-refractivity contribution in [1.29, 1.82) is 0 Å². The predicted molar refractivity (Wildman–Crippen MR) is 132 cm³/mol. The van der Waals surface area contributed by atoms with Crippen molar-refractivity contribution in [3.8, 4) is 11.4 Å². The number of carbonyl (C=O) groups is 1. The molecule has 2 aromatic heterocycles. The zero-order valence-corrected chi connectivity index (χ0v) is 19.4. The number of hydrogen-bond acceptors (Lipinski definition) is 6. The van der Waals surface area contributed by atoms with Crippen molar-refractivity contribution in [3.63, 3.8) is 0 Å². The fraction of sp³-hybridized carbons (Fsp3) is 0. The number of nitrogens with zero attached hydrogens (tertiary/aromatic N) is 3. The van der Waals surface area contributed by atoms with Gasteiger partial charge in [-0.25, -0.2) is 14.8 Å². The van der Waals surface area contributed by atoms with E-state index >= 15 is 0 Å². The maximum atomic E-state index is 12.7. The van der Waals surface area contributed by atoms with Crippen molar-refractivity contribution in [2.24, 2.45) is 0 Å². The highest BCUT2D eigenvalue weighted by molar-refractivity contribution is 7.87. The second-order valence-corrected chi connectivity index (χ2v) is 9.34. The minimum atomic E-state index is -4.07. The second-order valence-electron chi connectivity index (χ2n) is 7.36. The monoisotopic (exact) mass is 508 g/mol. The van der Waals surface area contributed by atoms with Crippen molar-refractivity contribution in [2.75, 3.05) is 10.6 Å². The Morgan fingerprint density at radius 3 is 2.60 bits per heavy atom. The molecule has 0 unspecified atom stereocenters. The molecule has 0 fully saturated rings. The molecule has 12 heteroatoms. The van der Waals surface area contributed by atoms with Crippen LogP contribution in [0.2, 0.25) is 5.02 Å². The number of rotatable bonds is 6. The number of anilines is 2. The Morgan fingerprint density at radius 2 is 1.86 bits per heavy atom. The van der Waals surface area contributed by atoms with Crippen LogP contribution in [0.15, 0.2) is 90.3 Å². The lowest BCUT2D eigenvalue weighted by Crippen LogP contribution is -2.20. The van der Waals surface area contributed by atoms with E-state index in [0.717, 1.165) is 5.69 Å². The normalized spacial score (nSPS) is 11.3. The Bertz CT molecular complexity index is 1620. The molecular weight excluding hydrogens is 492 g/mol.